The Labute approximate surface area is 113 Å². The number of halogens is 1. The first kappa shape index (κ1) is 13.8. The number of esters is 1. The van der Waals surface area contributed by atoms with Crippen LogP contribution in [0.15, 0.2) is 11.0 Å². The molecule has 0 radical (unpaired) electrons. The molecule has 0 spiro atoms. The molecule has 5 nitrogen and oxygen atoms in total. The fourth-order valence-electron chi connectivity index (χ4n) is 1.62. The lowest BCUT2D eigenvalue weighted by molar-refractivity contribution is 0.0276. The fourth-order valence-corrected chi connectivity index (χ4v) is 4.17. The maximum atomic E-state index is 11.8. The van der Waals surface area contributed by atoms with Gasteiger partial charge in [0.1, 0.15) is 11.0 Å². The maximum Gasteiger partial charge on any atom is 0.348 e. The van der Waals surface area contributed by atoms with Crippen molar-refractivity contribution in [1.82, 2.24) is 0 Å². The van der Waals surface area contributed by atoms with Gasteiger partial charge in [-0.3, -0.25) is 0 Å². The Morgan fingerprint density at radius 3 is 2.83 bits per heavy atom. The molecule has 0 amide bonds. The third-order valence-electron chi connectivity index (χ3n) is 2.50. The first-order chi connectivity index (χ1) is 8.38. The second-order valence-electron chi connectivity index (χ2n) is 3.86. The Kier molecular flexibility index (Phi) is 3.96. The third kappa shape index (κ3) is 3.03. The number of carbonyl (C=O) groups excluding carboxylic acids is 1. The monoisotopic (exact) mass is 310 g/mol. The van der Waals surface area contributed by atoms with E-state index in [1.165, 1.54) is 6.07 Å². The number of hydrogen-bond donors (Lipinski definition) is 0. The minimum Gasteiger partial charge on any atom is -0.456 e. The SMILES string of the molecule is Cc1sc(C(=O)OC2CCOC2)cc1S(=O)(=O)Cl. The molecule has 1 atom stereocenters. The van der Waals surface area contributed by atoms with Crippen LogP contribution in [0, 0.1) is 6.92 Å². The van der Waals surface area contributed by atoms with Crippen molar-refractivity contribution in [2.45, 2.75) is 24.3 Å². The Hall–Kier alpha value is -0.630. The minimum absolute atomic E-state index is 0.0382. The average Bonchev–Trinajstić information content (AvgIpc) is 2.85. The Morgan fingerprint density at radius 1 is 1.61 bits per heavy atom. The van der Waals surface area contributed by atoms with Gasteiger partial charge in [0.15, 0.2) is 0 Å². The molecule has 1 unspecified atom stereocenters. The Bertz CT molecular complexity index is 557. The molecule has 100 valence electrons. The van der Waals surface area contributed by atoms with Crippen molar-refractivity contribution in [3.63, 3.8) is 0 Å². The third-order valence-corrected chi connectivity index (χ3v) is 5.11. The fraction of sp³-hybridized carbons (Fsp3) is 0.500. The minimum atomic E-state index is -3.82. The summed E-state index contributed by atoms with van der Waals surface area (Å²) >= 11 is 1.05. The molecule has 1 aliphatic rings. The molecule has 0 bridgehead atoms. The molecule has 1 saturated heterocycles. The predicted octanol–water partition coefficient (Wildman–Crippen LogP) is 1.93. The van der Waals surface area contributed by atoms with E-state index in [-0.39, 0.29) is 15.9 Å². The molecule has 0 saturated carbocycles. The number of carbonyl (C=O) groups is 1. The summed E-state index contributed by atoms with van der Waals surface area (Å²) in [4.78, 5) is 12.5. The van der Waals surface area contributed by atoms with Crippen molar-refractivity contribution in [2.24, 2.45) is 0 Å². The van der Waals surface area contributed by atoms with Gasteiger partial charge >= 0.3 is 5.97 Å². The number of hydrogen-bond acceptors (Lipinski definition) is 6. The Balaban J connectivity index is 2.16. The summed E-state index contributed by atoms with van der Waals surface area (Å²) < 4.78 is 32.7. The van der Waals surface area contributed by atoms with Crippen LogP contribution in [0.4, 0.5) is 0 Å². The van der Waals surface area contributed by atoms with Crippen LogP contribution in [0.2, 0.25) is 0 Å². The van der Waals surface area contributed by atoms with Gasteiger partial charge in [0, 0.05) is 22.0 Å². The van der Waals surface area contributed by atoms with Gasteiger partial charge in [0.2, 0.25) is 0 Å². The molecule has 0 aromatic carbocycles. The van der Waals surface area contributed by atoms with Crippen LogP contribution < -0.4 is 0 Å². The highest BCUT2D eigenvalue weighted by molar-refractivity contribution is 8.13. The van der Waals surface area contributed by atoms with Crippen LogP contribution in [-0.4, -0.2) is 33.7 Å². The van der Waals surface area contributed by atoms with Crippen molar-refractivity contribution in [1.29, 1.82) is 0 Å². The van der Waals surface area contributed by atoms with Gasteiger partial charge < -0.3 is 9.47 Å². The van der Waals surface area contributed by atoms with Crippen molar-refractivity contribution in [3.05, 3.63) is 15.8 Å². The van der Waals surface area contributed by atoms with E-state index in [1.807, 2.05) is 0 Å². The highest BCUT2D eigenvalue weighted by Crippen LogP contribution is 2.29. The van der Waals surface area contributed by atoms with Crippen LogP contribution in [0.25, 0.3) is 0 Å². The summed E-state index contributed by atoms with van der Waals surface area (Å²) in [6.45, 7) is 2.55. The lowest BCUT2D eigenvalue weighted by atomic mass is 10.3. The van der Waals surface area contributed by atoms with E-state index in [1.54, 1.807) is 6.92 Å². The van der Waals surface area contributed by atoms with Crippen LogP contribution >= 0.6 is 22.0 Å². The van der Waals surface area contributed by atoms with Gasteiger partial charge in [-0.15, -0.1) is 11.3 Å². The lowest BCUT2D eigenvalue weighted by Crippen LogP contribution is -2.17. The van der Waals surface area contributed by atoms with Crippen molar-refractivity contribution >= 4 is 37.0 Å². The van der Waals surface area contributed by atoms with Gasteiger partial charge in [0.25, 0.3) is 9.05 Å². The van der Waals surface area contributed by atoms with Crippen LogP contribution in [0.1, 0.15) is 21.0 Å². The largest absolute Gasteiger partial charge is 0.456 e. The molecule has 0 N–H and O–H groups in total. The summed E-state index contributed by atoms with van der Waals surface area (Å²) in [5, 5.41) is 0. The molecule has 2 heterocycles. The van der Waals surface area contributed by atoms with Gasteiger partial charge in [-0.2, -0.15) is 0 Å². The smallest absolute Gasteiger partial charge is 0.348 e. The summed E-state index contributed by atoms with van der Waals surface area (Å²) in [5.74, 6) is -0.537. The van der Waals surface area contributed by atoms with E-state index < -0.39 is 15.0 Å². The number of ether oxygens (including phenoxy) is 2. The van der Waals surface area contributed by atoms with E-state index in [2.05, 4.69) is 0 Å². The van der Waals surface area contributed by atoms with Crippen LogP contribution in [0.3, 0.4) is 0 Å². The summed E-state index contributed by atoms with van der Waals surface area (Å²) in [6.07, 6.45) is 0.410. The zero-order valence-corrected chi connectivity index (χ0v) is 11.9. The topological polar surface area (TPSA) is 69.7 Å². The first-order valence-electron chi connectivity index (χ1n) is 5.22. The van der Waals surface area contributed by atoms with E-state index in [4.69, 9.17) is 20.2 Å². The molecular formula is C10H11ClO5S2. The zero-order valence-electron chi connectivity index (χ0n) is 9.51. The molecule has 1 fully saturated rings. The second-order valence-corrected chi connectivity index (χ2v) is 7.65. The molecule has 0 aliphatic carbocycles. The second kappa shape index (κ2) is 5.16. The summed E-state index contributed by atoms with van der Waals surface area (Å²) in [7, 11) is 1.44. The van der Waals surface area contributed by atoms with Gasteiger partial charge in [-0.25, -0.2) is 13.2 Å². The number of aryl methyl sites for hydroxylation is 1. The molecule has 8 heteroatoms. The van der Waals surface area contributed by atoms with E-state index >= 15 is 0 Å². The summed E-state index contributed by atoms with van der Waals surface area (Å²) in [6, 6.07) is 1.25. The summed E-state index contributed by atoms with van der Waals surface area (Å²) in [5.41, 5.74) is 0. The lowest BCUT2D eigenvalue weighted by Gasteiger charge is -2.08. The molecule has 18 heavy (non-hydrogen) atoms. The predicted molar refractivity (Wildman–Crippen MR) is 66.7 cm³/mol. The number of thiophene rings is 1. The average molecular weight is 311 g/mol. The van der Waals surface area contributed by atoms with Gasteiger partial charge in [0.05, 0.1) is 18.1 Å². The molecular weight excluding hydrogens is 300 g/mol. The standard InChI is InChI=1S/C10H11ClO5S2/c1-6-9(18(11,13)14)4-8(17-6)10(12)16-7-2-3-15-5-7/h4,7H,2-3,5H2,1H3. The normalized spacial score (nSPS) is 20.0. The highest BCUT2D eigenvalue weighted by atomic mass is 35.7. The molecule has 1 aromatic heterocycles. The van der Waals surface area contributed by atoms with Crippen LogP contribution in [-0.2, 0) is 18.5 Å². The van der Waals surface area contributed by atoms with E-state index in [0.29, 0.717) is 24.5 Å². The van der Waals surface area contributed by atoms with Gasteiger partial charge in [-0.05, 0) is 13.0 Å². The van der Waals surface area contributed by atoms with E-state index in [9.17, 15) is 13.2 Å². The molecule has 1 aromatic rings. The highest BCUT2D eigenvalue weighted by Gasteiger charge is 2.25. The van der Waals surface area contributed by atoms with E-state index in [0.717, 1.165) is 11.3 Å². The van der Waals surface area contributed by atoms with Gasteiger partial charge in [-0.1, -0.05) is 0 Å². The van der Waals surface area contributed by atoms with Crippen LogP contribution in [0.5, 0.6) is 0 Å². The molecule has 1 aliphatic heterocycles. The number of rotatable bonds is 3. The van der Waals surface area contributed by atoms with Crippen molar-refractivity contribution < 1.29 is 22.7 Å². The zero-order chi connectivity index (χ0) is 13.3. The van der Waals surface area contributed by atoms with Crippen molar-refractivity contribution in [3.8, 4) is 0 Å². The first-order valence-corrected chi connectivity index (χ1v) is 8.34. The van der Waals surface area contributed by atoms with Crippen molar-refractivity contribution in [2.75, 3.05) is 13.2 Å². The Morgan fingerprint density at radius 2 is 2.33 bits per heavy atom. The molecule has 2 rings (SSSR count). The quantitative estimate of drug-likeness (QED) is 0.630. The maximum absolute atomic E-state index is 11.8.